The molecule has 0 heterocycles. The highest BCUT2D eigenvalue weighted by Gasteiger charge is 2.15. The summed E-state index contributed by atoms with van der Waals surface area (Å²) in [6.07, 6.45) is 0. The number of nitro benzene ring substituents is 1. The maximum atomic E-state index is 12.3. The molecule has 2 rings (SSSR count). The zero-order valence-electron chi connectivity index (χ0n) is 13.0. The van der Waals surface area contributed by atoms with E-state index in [9.17, 15) is 23.7 Å². The maximum Gasteiger partial charge on any atom is 0.288 e. The zero-order chi connectivity index (χ0) is 18.4. The third-order valence-electron chi connectivity index (χ3n) is 3.08. The number of nitro groups is 1. The van der Waals surface area contributed by atoms with E-state index >= 15 is 0 Å². The lowest BCUT2D eigenvalue weighted by Gasteiger charge is -2.12. The number of benzene rings is 2. The van der Waals surface area contributed by atoms with Crippen LogP contribution in [0.3, 0.4) is 0 Å². The van der Waals surface area contributed by atoms with E-state index in [1.54, 1.807) is 31.2 Å². The number of nitrogens with one attached hydrogen (secondary N) is 1. The first-order valence-corrected chi connectivity index (χ1v) is 8.88. The van der Waals surface area contributed by atoms with Crippen LogP contribution in [0.2, 0.25) is 0 Å². The van der Waals surface area contributed by atoms with Gasteiger partial charge in [-0.2, -0.15) is 8.78 Å². The Kier molecular flexibility index (Phi) is 6.77. The number of carbonyl (C=O) groups excluding carboxylic acids is 1. The van der Waals surface area contributed by atoms with Gasteiger partial charge in [0.2, 0.25) is 5.91 Å². The van der Waals surface area contributed by atoms with Crippen molar-refractivity contribution in [1.29, 1.82) is 0 Å². The number of carbonyl (C=O) groups is 1. The van der Waals surface area contributed by atoms with Crippen LogP contribution in [-0.2, 0) is 4.79 Å². The fourth-order valence-electron chi connectivity index (χ4n) is 1.87. The van der Waals surface area contributed by atoms with Gasteiger partial charge >= 0.3 is 0 Å². The highest BCUT2D eigenvalue weighted by molar-refractivity contribution is 8.00. The third kappa shape index (κ3) is 6.02. The van der Waals surface area contributed by atoms with Gasteiger partial charge in [-0.05, 0) is 43.3 Å². The molecule has 0 saturated carbocycles. The van der Waals surface area contributed by atoms with Crippen LogP contribution in [0.15, 0.2) is 58.3 Å². The first-order chi connectivity index (χ1) is 11.8. The number of halogens is 2. The van der Waals surface area contributed by atoms with E-state index in [2.05, 4.69) is 5.32 Å². The van der Waals surface area contributed by atoms with Crippen LogP contribution in [0.4, 0.5) is 20.2 Å². The number of hydrogen-bond donors (Lipinski definition) is 1. The number of amides is 1. The maximum absolute atomic E-state index is 12.3. The second-order valence-corrected chi connectivity index (χ2v) is 7.38. The fraction of sp³-hybridized carbons (Fsp3) is 0.188. The summed E-state index contributed by atoms with van der Waals surface area (Å²) < 4.78 is 24.5. The number of alkyl halides is 2. The molecule has 5 nitrogen and oxygen atoms in total. The molecule has 132 valence electrons. The molecule has 25 heavy (non-hydrogen) atoms. The summed E-state index contributed by atoms with van der Waals surface area (Å²) >= 11 is 1.70. The molecule has 0 saturated heterocycles. The number of nitrogens with zero attached hydrogens (tertiary/aromatic N) is 1. The van der Waals surface area contributed by atoms with Gasteiger partial charge in [0.25, 0.3) is 11.4 Å². The number of rotatable bonds is 7. The number of non-ortho nitro benzene ring substituents is 1. The Morgan fingerprint density at radius 1 is 1.04 bits per heavy atom. The topological polar surface area (TPSA) is 72.2 Å². The largest absolute Gasteiger partial charge is 0.325 e. The average molecular weight is 384 g/mol. The second-order valence-electron chi connectivity index (χ2n) is 4.90. The van der Waals surface area contributed by atoms with Crippen LogP contribution in [0.25, 0.3) is 0 Å². The van der Waals surface area contributed by atoms with Crippen LogP contribution in [0, 0.1) is 10.1 Å². The van der Waals surface area contributed by atoms with Crippen molar-refractivity contribution in [2.45, 2.75) is 27.7 Å². The van der Waals surface area contributed by atoms with Gasteiger partial charge in [-0.1, -0.05) is 11.8 Å². The zero-order valence-corrected chi connectivity index (χ0v) is 14.7. The summed E-state index contributed by atoms with van der Waals surface area (Å²) in [5, 5.41) is 12.9. The van der Waals surface area contributed by atoms with Gasteiger partial charge in [0, 0.05) is 27.6 Å². The SMILES string of the molecule is CC(Sc1ccc([N+](=O)[O-])cc1)C(=O)Nc1ccc(SC(F)F)cc1. The summed E-state index contributed by atoms with van der Waals surface area (Å²) in [7, 11) is 0. The molecule has 0 radical (unpaired) electrons. The van der Waals surface area contributed by atoms with E-state index in [1.165, 1.54) is 36.0 Å². The smallest absolute Gasteiger partial charge is 0.288 e. The van der Waals surface area contributed by atoms with Crippen LogP contribution < -0.4 is 5.32 Å². The Bertz CT molecular complexity index is 740. The molecule has 9 heteroatoms. The molecule has 2 aromatic carbocycles. The quantitative estimate of drug-likeness (QED) is 0.412. The lowest BCUT2D eigenvalue weighted by Crippen LogP contribution is -2.22. The second kappa shape index (κ2) is 8.82. The molecule has 1 amide bonds. The lowest BCUT2D eigenvalue weighted by atomic mass is 10.3. The van der Waals surface area contributed by atoms with Crippen LogP contribution in [0.1, 0.15) is 6.92 Å². The molecule has 1 atom stereocenters. The van der Waals surface area contributed by atoms with Crippen molar-refractivity contribution in [2.24, 2.45) is 0 Å². The first kappa shape index (κ1) is 19.2. The monoisotopic (exact) mass is 384 g/mol. The Morgan fingerprint density at radius 3 is 2.08 bits per heavy atom. The molecular formula is C16H14F2N2O3S2. The molecule has 1 unspecified atom stereocenters. The van der Waals surface area contributed by atoms with Gasteiger partial charge in [0.1, 0.15) is 0 Å². The standard InChI is InChI=1S/C16H14F2N2O3S2/c1-10(24-13-8-4-12(5-9-13)20(22)23)15(21)19-11-2-6-14(7-3-11)25-16(17)18/h2-10,16H,1H3,(H,19,21). The Morgan fingerprint density at radius 2 is 1.56 bits per heavy atom. The Balaban J connectivity index is 1.92. The van der Waals surface area contributed by atoms with Crippen molar-refractivity contribution in [3.8, 4) is 0 Å². The van der Waals surface area contributed by atoms with Gasteiger partial charge in [-0.3, -0.25) is 14.9 Å². The van der Waals surface area contributed by atoms with Gasteiger partial charge in [-0.25, -0.2) is 0 Å². The van der Waals surface area contributed by atoms with E-state index in [0.29, 0.717) is 22.3 Å². The van der Waals surface area contributed by atoms with Crippen LogP contribution >= 0.6 is 23.5 Å². The minimum absolute atomic E-state index is 0.0109. The Labute approximate surface area is 151 Å². The van der Waals surface area contributed by atoms with Crippen LogP contribution in [-0.4, -0.2) is 21.8 Å². The van der Waals surface area contributed by atoms with E-state index in [0.717, 1.165) is 4.90 Å². The third-order valence-corrected chi connectivity index (χ3v) is 4.91. The number of anilines is 1. The van der Waals surface area contributed by atoms with E-state index in [4.69, 9.17) is 0 Å². The van der Waals surface area contributed by atoms with Crippen molar-refractivity contribution < 1.29 is 18.5 Å². The highest BCUT2D eigenvalue weighted by Crippen LogP contribution is 2.28. The predicted molar refractivity (Wildman–Crippen MR) is 95.3 cm³/mol. The van der Waals surface area contributed by atoms with E-state index in [-0.39, 0.29) is 11.6 Å². The average Bonchev–Trinajstić information content (AvgIpc) is 2.56. The van der Waals surface area contributed by atoms with Crippen molar-refractivity contribution in [2.75, 3.05) is 5.32 Å². The molecule has 0 aromatic heterocycles. The molecule has 2 aromatic rings. The Hall–Kier alpha value is -2.13. The molecule has 0 aliphatic carbocycles. The molecule has 0 bridgehead atoms. The van der Waals surface area contributed by atoms with Crippen molar-refractivity contribution in [3.63, 3.8) is 0 Å². The minimum atomic E-state index is -2.49. The van der Waals surface area contributed by atoms with E-state index in [1.807, 2.05) is 0 Å². The molecule has 0 aliphatic heterocycles. The van der Waals surface area contributed by atoms with Gasteiger partial charge in [0.05, 0.1) is 10.2 Å². The first-order valence-electron chi connectivity index (χ1n) is 7.12. The van der Waals surface area contributed by atoms with Gasteiger partial charge in [0.15, 0.2) is 0 Å². The van der Waals surface area contributed by atoms with Crippen molar-refractivity contribution >= 4 is 40.8 Å². The lowest BCUT2D eigenvalue weighted by molar-refractivity contribution is -0.384. The number of hydrogen-bond acceptors (Lipinski definition) is 5. The highest BCUT2D eigenvalue weighted by atomic mass is 32.2. The summed E-state index contributed by atoms with van der Waals surface area (Å²) in [5.74, 6) is -2.74. The van der Waals surface area contributed by atoms with Crippen LogP contribution in [0.5, 0.6) is 0 Å². The van der Waals surface area contributed by atoms with Gasteiger partial charge in [-0.15, -0.1) is 11.8 Å². The fourth-order valence-corrected chi connectivity index (χ4v) is 3.23. The molecule has 0 aliphatic rings. The van der Waals surface area contributed by atoms with Crippen molar-refractivity contribution in [3.05, 3.63) is 58.6 Å². The predicted octanol–water partition coefficient (Wildman–Crippen LogP) is 5.03. The van der Waals surface area contributed by atoms with E-state index < -0.39 is 15.9 Å². The molecular weight excluding hydrogens is 370 g/mol. The minimum Gasteiger partial charge on any atom is -0.325 e. The number of thioether (sulfide) groups is 2. The van der Waals surface area contributed by atoms with Crippen molar-refractivity contribution in [1.82, 2.24) is 0 Å². The molecule has 0 fully saturated rings. The summed E-state index contributed by atoms with van der Waals surface area (Å²) in [6, 6.07) is 12.1. The molecule has 0 spiro atoms. The summed E-state index contributed by atoms with van der Waals surface area (Å²) in [5.41, 5.74) is 0.503. The summed E-state index contributed by atoms with van der Waals surface area (Å²) in [4.78, 5) is 23.5. The normalized spacial score (nSPS) is 12.0. The molecule has 1 N–H and O–H groups in total. The summed E-state index contributed by atoms with van der Waals surface area (Å²) in [6.45, 7) is 1.71. The van der Waals surface area contributed by atoms with Gasteiger partial charge < -0.3 is 5.32 Å².